The van der Waals surface area contributed by atoms with E-state index in [9.17, 15) is 9.59 Å². The van der Waals surface area contributed by atoms with E-state index < -0.39 is 0 Å². The topological polar surface area (TPSA) is 58.2 Å². The Morgan fingerprint density at radius 1 is 1.09 bits per heavy atom. The predicted octanol–water partition coefficient (Wildman–Crippen LogP) is 3.27. The van der Waals surface area contributed by atoms with Gasteiger partial charge in [-0.05, 0) is 42.3 Å². The molecule has 114 valence electrons. The predicted molar refractivity (Wildman–Crippen MR) is 88.2 cm³/mol. The Morgan fingerprint density at radius 2 is 1.86 bits per heavy atom. The average Bonchev–Trinajstić information content (AvgIpc) is 2.52. The van der Waals surface area contributed by atoms with Crippen molar-refractivity contribution < 1.29 is 9.59 Å². The van der Waals surface area contributed by atoms with Gasteiger partial charge < -0.3 is 10.6 Å². The summed E-state index contributed by atoms with van der Waals surface area (Å²) in [6.45, 7) is 0. The van der Waals surface area contributed by atoms with Crippen molar-refractivity contribution in [2.45, 2.75) is 12.8 Å². The van der Waals surface area contributed by atoms with Crippen LogP contribution in [0.15, 0.2) is 48.5 Å². The minimum absolute atomic E-state index is 0.103. The van der Waals surface area contributed by atoms with Gasteiger partial charge in [0.05, 0.1) is 0 Å². The number of hydrogen-bond acceptors (Lipinski definition) is 2. The van der Waals surface area contributed by atoms with Crippen molar-refractivity contribution in [2.24, 2.45) is 0 Å². The smallest absolute Gasteiger partial charge is 0.251 e. The first kappa shape index (κ1) is 16.0. The number of aryl methyl sites for hydroxylation is 1. The molecule has 0 bridgehead atoms. The largest absolute Gasteiger partial charge is 0.355 e. The lowest BCUT2D eigenvalue weighted by molar-refractivity contribution is -0.116. The van der Waals surface area contributed by atoms with Crippen LogP contribution in [0.1, 0.15) is 22.3 Å². The van der Waals surface area contributed by atoms with Crippen LogP contribution in [0, 0.1) is 0 Å². The second-order valence-corrected chi connectivity index (χ2v) is 5.27. The van der Waals surface area contributed by atoms with Gasteiger partial charge in [0, 0.05) is 29.7 Å². The first-order valence-electron chi connectivity index (χ1n) is 6.95. The minimum atomic E-state index is -0.185. The number of halogens is 1. The molecule has 0 heterocycles. The van der Waals surface area contributed by atoms with Gasteiger partial charge >= 0.3 is 0 Å². The third-order valence-electron chi connectivity index (χ3n) is 3.17. The molecule has 2 rings (SSSR count). The molecule has 0 atom stereocenters. The number of hydrogen-bond donors (Lipinski definition) is 2. The monoisotopic (exact) mass is 316 g/mol. The first-order chi connectivity index (χ1) is 10.6. The number of carbonyl (C=O) groups excluding carboxylic acids is 2. The normalized spacial score (nSPS) is 10.1. The summed E-state index contributed by atoms with van der Waals surface area (Å²) >= 11 is 5.91. The lowest BCUT2D eigenvalue weighted by Crippen LogP contribution is -2.18. The molecule has 0 aromatic heterocycles. The molecule has 0 saturated carbocycles. The quantitative estimate of drug-likeness (QED) is 0.889. The Balaban J connectivity index is 1.93. The molecule has 22 heavy (non-hydrogen) atoms. The fraction of sp³-hybridized carbons (Fsp3) is 0.176. The van der Waals surface area contributed by atoms with Crippen LogP contribution in [0.5, 0.6) is 0 Å². The Morgan fingerprint density at radius 3 is 2.59 bits per heavy atom. The van der Waals surface area contributed by atoms with Crippen molar-refractivity contribution in [3.63, 3.8) is 0 Å². The summed E-state index contributed by atoms with van der Waals surface area (Å²) in [6, 6.07) is 14.3. The molecule has 2 amide bonds. The molecule has 2 aromatic carbocycles. The fourth-order valence-corrected chi connectivity index (χ4v) is 2.27. The van der Waals surface area contributed by atoms with E-state index in [0.717, 1.165) is 5.56 Å². The Hall–Kier alpha value is -2.33. The highest BCUT2D eigenvalue weighted by Gasteiger charge is 2.07. The van der Waals surface area contributed by atoms with Crippen molar-refractivity contribution in [1.29, 1.82) is 0 Å². The number of nitrogens with one attached hydrogen (secondary N) is 2. The van der Waals surface area contributed by atoms with Crippen LogP contribution in [0.2, 0.25) is 5.02 Å². The zero-order valence-corrected chi connectivity index (χ0v) is 13.0. The zero-order chi connectivity index (χ0) is 15.9. The van der Waals surface area contributed by atoms with Crippen molar-refractivity contribution in [3.05, 3.63) is 64.7 Å². The molecule has 4 nitrogen and oxygen atoms in total. The molecular formula is C17H17ClN2O2. The van der Waals surface area contributed by atoms with E-state index in [2.05, 4.69) is 10.6 Å². The maximum Gasteiger partial charge on any atom is 0.251 e. The van der Waals surface area contributed by atoms with Gasteiger partial charge in [-0.25, -0.2) is 0 Å². The van der Waals surface area contributed by atoms with Crippen LogP contribution in [-0.2, 0) is 11.2 Å². The van der Waals surface area contributed by atoms with Gasteiger partial charge in [-0.15, -0.1) is 0 Å². The molecule has 2 N–H and O–H groups in total. The van der Waals surface area contributed by atoms with E-state index in [0.29, 0.717) is 29.1 Å². The van der Waals surface area contributed by atoms with Gasteiger partial charge in [-0.3, -0.25) is 9.59 Å². The van der Waals surface area contributed by atoms with Crippen molar-refractivity contribution in [2.75, 3.05) is 12.4 Å². The van der Waals surface area contributed by atoms with E-state index in [-0.39, 0.29) is 11.8 Å². The lowest BCUT2D eigenvalue weighted by atomic mass is 10.1. The summed E-state index contributed by atoms with van der Waals surface area (Å²) in [7, 11) is 1.57. The Bertz CT molecular complexity index is 686. The number of rotatable bonds is 5. The summed E-state index contributed by atoms with van der Waals surface area (Å²) in [5, 5.41) is 6.01. The third kappa shape index (κ3) is 4.60. The molecule has 0 saturated heterocycles. The van der Waals surface area contributed by atoms with E-state index in [1.165, 1.54) is 0 Å². The summed E-state index contributed by atoms with van der Waals surface area (Å²) in [6.07, 6.45) is 0.964. The highest BCUT2D eigenvalue weighted by atomic mass is 35.5. The van der Waals surface area contributed by atoms with Gasteiger partial charge in [0.1, 0.15) is 0 Å². The van der Waals surface area contributed by atoms with Crippen molar-refractivity contribution >= 4 is 29.1 Å². The second-order valence-electron chi connectivity index (χ2n) is 4.84. The molecule has 0 unspecified atom stereocenters. The molecule has 0 spiro atoms. The summed E-state index contributed by atoms with van der Waals surface area (Å²) in [4.78, 5) is 23.5. The standard InChI is InChI=1S/C17H17ClN2O2/c1-19-17(22)13-5-3-7-15(11-13)20-16(21)9-8-12-4-2-6-14(18)10-12/h2-7,10-11H,8-9H2,1H3,(H,19,22)(H,20,21). The maximum atomic E-state index is 12.0. The van der Waals surface area contributed by atoms with Crippen LogP contribution in [0.4, 0.5) is 5.69 Å². The average molecular weight is 317 g/mol. The summed E-state index contributed by atoms with van der Waals surface area (Å²) in [5.74, 6) is -0.288. The van der Waals surface area contributed by atoms with Gasteiger partial charge in [-0.2, -0.15) is 0 Å². The zero-order valence-electron chi connectivity index (χ0n) is 12.2. The number of anilines is 1. The van der Waals surface area contributed by atoms with Gasteiger partial charge in [0.25, 0.3) is 5.91 Å². The molecule has 0 aliphatic heterocycles. The maximum absolute atomic E-state index is 12.0. The summed E-state index contributed by atoms with van der Waals surface area (Å²) < 4.78 is 0. The Kier molecular flexibility index (Phi) is 5.55. The number of benzene rings is 2. The van der Waals surface area contributed by atoms with Crippen LogP contribution >= 0.6 is 11.6 Å². The van der Waals surface area contributed by atoms with E-state index in [1.54, 1.807) is 37.4 Å². The summed E-state index contributed by atoms with van der Waals surface area (Å²) in [5.41, 5.74) is 2.13. The van der Waals surface area contributed by atoms with Crippen LogP contribution < -0.4 is 10.6 Å². The van der Waals surface area contributed by atoms with E-state index in [1.807, 2.05) is 18.2 Å². The van der Waals surface area contributed by atoms with Crippen LogP contribution in [-0.4, -0.2) is 18.9 Å². The molecule has 2 aromatic rings. The highest BCUT2D eigenvalue weighted by molar-refractivity contribution is 6.30. The minimum Gasteiger partial charge on any atom is -0.355 e. The lowest BCUT2D eigenvalue weighted by Gasteiger charge is -2.07. The molecular weight excluding hydrogens is 300 g/mol. The molecule has 5 heteroatoms. The van der Waals surface area contributed by atoms with Crippen LogP contribution in [0.3, 0.4) is 0 Å². The van der Waals surface area contributed by atoms with E-state index in [4.69, 9.17) is 11.6 Å². The first-order valence-corrected chi connectivity index (χ1v) is 7.33. The van der Waals surface area contributed by atoms with E-state index >= 15 is 0 Å². The van der Waals surface area contributed by atoms with Gasteiger partial charge in [0.15, 0.2) is 0 Å². The molecule has 0 radical (unpaired) electrons. The van der Waals surface area contributed by atoms with Gasteiger partial charge in [-0.1, -0.05) is 29.8 Å². The Labute approximate surface area is 134 Å². The SMILES string of the molecule is CNC(=O)c1cccc(NC(=O)CCc2cccc(Cl)c2)c1. The third-order valence-corrected chi connectivity index (χ3v) is 3.40. The number of amides is 2. The molecule has 0 aliphatic rings. The fourth-order valence-electron chi connectivity index (χ4n) is 2.06. The second kappa shape index (κ2) is 7.61. The van der Waals surface area contributed by atoms with Crippen molar-refractivity contribution in [3.8, 4) is 0 Å². The number of carbonyl (C=O) groups is 2. The van der Waals surface area contributed by atoms with Crippen molar-refractivity contribution in [1.82, 2.24) is 5.32 Å². The molecule has 0 fully saturated rings. The highest BCUT2D eigenvalue weighted by Crippen LogP contribution is 2.14. The molecule has 0 aliphatic carbocycles. The van der Waals surface area contributed by atoms with Crippen LogP contribution in [0.25, 0.3) is 0 Å². The van der Waals surface area contributed by atoms with Gasteiger partial charge in [0.2, 0.25) is 5.91 Å².